The lowest BCUT2D eigenvalue weighted by molar-refractivity contribution is -0.120. The molecule has 0 aromatic heterocycles. The van der Waals surface area contributed by atoms with Crippen molar-refractivity contribution in [1.82, 2.24) is 9.80 Å². The summed E-state index contributed by atoms with van der Waals surface area (Å²) in [5, 5.41) is 2.97. The molecule has 106 valence electrons. The molecule has 1 aromatic carbocycles. The van der Waals surface area contributed by atoms with Crippen molar-refractivity contribution >= 4 is 27.5 Å². The highest BCUT2D eigenvalue weighted by Gasteiger charge is 2.20. The average molecular weight is 328 g/mol. The zero-order valence-electron chi connectivity index (χ0n) is 12.0. The Morgan fingerprint density at radius 1 is 1.11 bits per heavy atom. The number of carbonyl (C=O) groups is 1. The van der Waals surface area contributed by atoms with Crippen molar-refractivity contribution in [3.05, 3.63) is 28.7 Å². The summed E-state index contributed by atoms with van der Waals surface area (Å²) in [6, 6.07) is 7.62. The maximum atomic E-state index is 12.3. The Morgan fingerprint density at radius 2 is 1.58 bits per heavy atom. The molecule has 0 radical (unpaired) electrons. The number of hydrogen-bond donors (Lipinski definition) is 1. The predicted octanol–water partition coefficient (Wildman–Crippen LogP) is 2.13. The first kappa shape index (κ1) is 16.1. The third-order valence-corrected chi connectivity index (χ3v) is 3.18. The predicted molar refractivity (Wildman–Crippen MR) is 83.4 cm³/mol. The Labute approximate surface area is 123 Å². The lowest BCUT2D eigenvalue weighted by atomic mass is 10.1. The minimum absolute atomic E-state index is 0.0475. The molecular weight excluding hydrogens is 306 g/mol. The fourth-order valence-electron chi connectivity index (χ4n) is 1.88. The van der Waals surface area contributed by atoms with E-state index in [1.165, 1.54) is 0 Å². The van der Waals surface area contributed by atoms with Gasteiger partial charge in [-0.15, -0.1) is 0 Å². The van der Waals surface area contributed by atoms with Crippen molar-refractivity contribution in [2.75, 3.05) is 46.6 Å². The number of amides is 1. The highest BCUT2D eigenvalue weighted by Crippen LogP contribution is 2.15. The van der Waals surface area contributed by atoms with Crippen LogP contribution in [0.15, 0.2) is 28.7 Å². The highest BCUT2D eigenvalue weighted by molar-refractivity contribution is 9.10. The summed E-state index contributed by atoms with van der Waals surface area (Å²) >= 11 is 3.38. The Hall–Kier alpha value is -0.910. The maximum absolute atomic E-state index is 12.3. The van der Waals surface area contributed by atoms with E-state index in [0.29, 0.717) is 0 Å². The van der Waals surface area contributed by atoms with Crippen molar-refractivity contribution < 1.29 is 4.79 Å². The molecule has 0 aliphatic heterocycles. The molecule has 0 aliphatic rings. The third kappa shape index (κ3) is 6.18. The highest BCUT2D eigenvalue weighted by atomic mass is 79.9. The molecule has 1 amide bonds. The minimum Gasteiger partial charge on any atom is -0.326 e. The van der Waals surface area contributed by atoms with Crippen LogP contribution in [-0.2, 0) is 4.79 Å². The van der Waals surface area contributed by atoms with Crippen LogP contribution >= 0.6 is 15.9 Å². The van der Waals surface area contributed by atoms with E-state index in [2.05, 4.69) is 21.2 Å². The first-order valence-electron chi connectivity index (χ1n) is 6.24. The van der Waals surface area contributed by atoms with Crippen LogP contribution < -0.4 is 5.32 Å². The van der Waals surface area contributed by atoms with Gasteiger partial charge in [-0.1, -0.05) is 15.9 Å². The number of nitrogens with one attached hydrogen (secondary N) is 1. The normalized spacial score (nSPS) is 11.4. The van der Waals surface area contributed by atoms with Crippen LogP contribution in [-0.4, -0.2) is 57.0 Å². The van der Waals surface area contributed by atoms with Gasteiger partial charge in [0.15, 0.2) is 0 Å². The lowest BCUT2D eigenvalue weighted by Crippen LogP contribution is -2.38. The van der Waals surface area contributed by atoms with Crippen molar-refractivity contribution in [1.29, 1.82) is 0 Å². The molecular formula is C14H22BrN3O. The van der Waals surface area contributed by atoms with Gasteiger partial charge in [-0.3, -0.25) is 4.79 Å². The first-order chi connectivity index (χ1) is 8.88. The van der Waals surface area contributed by atoms with Gasteiger partial charge >= 0.3 is 0 Å². The molecule has 0 saturated heterocycles. The van der Waals surface area contributed by atoms with Gasteiger partial charge in [-0.25, -0.2) is 0 Å². The summed E-state index contributed by atoms with van der Waals surface area (Å²) in [5.74, 6) is 0.0124. The first-order valence-corrected chi connectivity index (χ1v) is 7.03. The number of hydrogen-bond acceptors (Lipinski definition) is 3. The number of halogens is 1. The van der Waals surface area contributed by atoms with Crippen LogP contribution in [0.2, 0.25) is 0 Å². The molecule has 1 N–H and O–H groups in total. The molecule has 1 rings (SSSR count). The molecule has 5 heteroatoms. The molecule has 0 atom stereocenters. The van der Waals surface area contributed by atoms with E-state index in [4.69, 9.17) is 0 Å². The Kier molecular flexibility index (Phi) is 6.48. The van der Waals surface area contributed by atoms with Gasteiger partial charge in [-0.05, 0) is 52.5 Å². The lowest BCUT2D eigenvalue weighted by Gasteiger charge is -2.23. The number of nitrogens with zero attached hydrogens (tertiary/aromatic N) is 2. The summed E-state index contributed by atoms with van der Waals surface area (Å²) in [5.41, 5.74) is 0.829. The molecule has 19 heavy (non-hydrogen) atoms. The number of benzene rings is 1. The molecule has 0 aliphatic carbocycles. The number of carbonyl (C=O) groups excluding carboxylic acids is 1. The summed E-state index contributed by atoms with van der Waals surface area (Å²) in [7, 11) is 7.93. The Balaban J connectivity index is 2.67. The summed E-state index contributed by atoms with van der Waals surface area (Å²) in [4.78, 5) is 16.4. The smallest absolute Gasteiger partial charge is 0.230 e. The summed E-state index contributed by atoms with van der Waals surface area (Å²) in [6.45, 7) is 1.47. The largest absolute Gasteiger partial charge is 0.326 e. The maximum Gasteiger partial charge on any atom is 0.230 e. The fraction of sp³-hybridized carbons (Fsp3) is 0.500. The molecule has 0 heterocycles. The van der Waals surface area contributed by atoms with Gasteiger partial charge < -0.3 is 15.1 Å². The second-order valence-electron chi connectivity index (χ2n) is 5.22. The van der Waals surface area contributed by atoms with Crippen LogP contribution in [0.1, 0.15) is 0 Å². The number of anilines is 1. The molecule has 0 spiro atoms. The monoisotopic (exact) mass is 327 g/mol. The summed E-state index contributed by atoms with van der Waals surface area (Å²) in [6.07, 6.45) is 0. The van der Waals surface area contributed by atoms with Gasteiger partial charge in [0, 0.05) is 23.2 Å². The van der Waals surface area contributed by atoms with E-state index in [1.807, 2.05) is 62.3 Å². The molecule has 0 saturated carbocycles. The second kappa shape index (κ2) is 7.62. The second-order valence-corrected chi connectivity index (χ2v) is 6.13. The molecule has 0 bridgehead atoms. The van der Waals surface area contributed by atoms with Gasteiger partial charge in [0.05, 0.1) is 5.92 Å². The van der Waals surface area contributed by atoms with Gasteiger partial charge in [0.1, 0.15) is 0 Å². The molecule has 0 unspecified atom stereocenters. The van der Waals surface area contributed by atoms with Crippen LogP contribution in [0.3, 0.4) is 0 Å². The zero-order chi connectivity index (χ0) is 14.4. The number of rotatable bonds is 6. The Bertz CT molecular complexity index is 394. The van der Waals surface area contributed by atoms with Crippen LogP contribution in [0.4, 0.5) is 5.69 Å². The van der Waals surface area contributed by atoms with Crippen LogP contribution in [0.5, 0.6) is 0 Å². The Morgan fingerprint density at radius 3 is 2.00 bits per heavy atom. The zero-order valence-corrected chi connectivity index (χ0v) is 13.6. The van der Waals surface area contributed by atoms with Crippen LogP contribution in [0.25, 0.3) is 0 Å². The van der Waals surface area contributed by atoms with Crippen molar-refractivity contribution in [2.45, 2.75) is 0 Å². The van der Waals surface area contributed by atoms with Crippen LogP contribution in [0, 0.1) is 5.92 Å². The average Bonchev–Trinajstić information content (AvgIpc) is 2.30. The molecule has 0 fully saturated rings. The van der Waals surface area contributed by atoms with E-state index in [-0.39, 0.29) is 11.8 Å². The standard InChI is InChI=1S/C14H22BrN3O/c1-17(2)9-11(10-18(3)4)14(19)16-13-7-5-12(15)6-8-13/h5-8,11H,9-10H2,1-4H3,(H,16,19). The SMILES string of the molecule is CN(C)CC(CN(C)C)C(=O)Nc1ccc(Br)cc1. The van der Waals surface area contributed by atoms with Gasteiger partial charge in [-0.2, -0.15) is 0 Å². The van der Waals surface area contributed by atoms with E-state index in [1.54, 1.807) is 0 Å². The quantitative estimate of drug-likeness (QED) is 0.869. The van der Waals surface area contributed by atoms with E-state index < -0.39 is 0 Å². The fourth-order valence-corrected chi connectivity index (χ4v) is 2.15. The van der Waals surface area contributed by atoms with Crippen molar-refractivity contribution in [3.63, 3.8) is 0 Å². The van der Waals surface area contributed by atoms with E-state index in [9.17, 15) is 4.79 Å². The van der Waals surface area contributed by atoms with E-state index >= 15 is 0 Å². The molecule has 1 aromatic rings. The topological polar surface area (TPSA) is 35.6 Å². The third-order valence-electron chi connectivity index (χ3n) is 2.65. The van der Waals surface area contributed by atoms with Gasteiger partial charge in [0.25, 0.3) is 0 Å². The minimum atomic E-state index is -0.0475. The van der Waals surface area contributed by atoms with E-state index in [0.717, 1.165) is 23.2 Å². The molecule has 4 nitrogen and oxygen atoms in total. The van der Waals surface area contributed by atoms with Gasteiger partial charge in [0.2, 0.25) is 5.91 Å². The van der Waals surface area contributed by atoms with Crippen molar-refractivity contribution in [3.8, 4) is 0 Å². The summed E-state index contributed by atoms with van der Waals surface area (Å²) < 4.78 is 1.00. The van der Waals surface area contributed by atoms with Crippen molar-refractivity contribution in [2.24, 2.45) is 5.92 Å².